The highest BCUT2D eigenvalue weighted by atomic mass is 127. The van der Waals surface area contributed by atoms with E-state index in [1.165, 1.54) is 0 Å². The Bertz CT molecular complexity index is 474. The highest BCUT2D eigenvalue weighted by Gasteiger charge is 2.22. The lowest BCUT2D eigenvalue weighted by molar-refractivity contribution is 0.0957. The minimum absolute atomic E-state index is 0.127. The molecule has 0 aromatic carbocycles. The lowest BCUT2D eigenvalue weighted by Crippen LogP contribution is -2.27. The Morgan fingerprint density at radius 2 is 2.24 bits per heavy atom. The Hall–Kier alpha value is -1.03. The zero-order valence-corrected chi connectivity index (χ0v) is 12.6. The number of halogens is 1. The molecular weight excluding hydrogens is 329 g/mol. The molecule has 92 valence electrons. The molecule has 17 heavy (non-hydrogen) atoms. The van der Waals surface area contributed by atoms with E-state index in [0.717, 1.165) is 3.70 Å². The lowest BCUT2D eigenvalue weighted by Gasteiger charge is -2.20. The summed E-state index contributed by atoms with van der Waals surface area (Å²) in [4.78, 5) is 11.8. The number of nitrogens with one attached hydrogen (secondary N) is 1. The molecule has 0 aliphatic carbocycles. The van der Waals surface area contributed by atoms with Crippen molar-refractivity contribution in [3.63, 3.8) is 0 Å². The fourth-order valence-electron chi connectivity index (χ4n) is 1.26. The van der Waals surface area contributed by atoms with E-state index in [2.05, 4.69) is 44.8 Å². The van der Waals surface area contributed by atoms with E-state index in [-0.39, 0.29) is 11.4 Å². The molecule has 0 radical (unpaired) electrons. The summed E-state index contributed by atoms with van der Waals surface area (Å²) in [6.07, 6.45) is 1.60. The minimum atomic E-state index is -0.132. The van der Waals surface area contributed by atoms with Crippen LogP contribution >= 0.6 is 22.6 Å². The van der Waals surface area contributed by atoms with Crippen molar-refractivity contribution < 1.29 is 4.79 Å². The van der Waals surface area contributed by atoms with Crippen LogP contribution in [-0.2, 0) is 5.54 Å². The molecule has 1 rings (SSSR count). The van der Waals surface area contributed by atoms with Gasteiger partial charge in [0.1, 0.15) is 3.70 Å². The smallest absolute Gasteiger partial charge is 0.256 e. The fraction of sp³-hybridized carbons (Fsp3) is 0.500. The molecule has 0 spiro atoms. The second kappa shape index (κ2) is 5.54. The van der Waals surface area contributed by atoms with Gasteiger partial charge in [-0.1, -0.05) is 5.92 Å². The van der Waals surface area contributed by atoms with E-state index in [4.69, 9.17) is 0 Å². The number of carbonyl (C=O) groups excluding carboxylic acids is 1. The number of hydrogen-bond acceptors (Lipinski definition) is 2. The van der Waals surface area contributed by atoms with Crippen molar-refractivity contribution in [3.8, 4) is 11.8 Å². The molecule has 0 fully saturated rings. The van der Waals surface area contributed by atoms with Crippen LogP contribution in [0.25, 0.3) is 0 Å². The first-order valence-corrected chi connectivity index (χ1v) is 6.37. The third kappa shape index (κ3) is 3.46. The normalized spacial score (nSPS) is 10.6. The first kappa shape index (κ1) is 14.0. The van der Waals surface area contributed by atoms with Gasteiger partial charge in [0, 0.05) is 0 Å². The van der Waals surface area contributed by atoms with Crippen molar-refractivity contribution in [3.05, 3.63) is 15.5 Å². The Morgan fingerprint density at radius 3 is 2.71 bits per heavy atom. The molecule has 0 saturated carbocycles. The van der Waals surface area contributed by atoms with Crippen LogP contribution in [0.4, 0.5) is 0 Å². The molecule has 0 atom stereocenters. The Kier molecular flexibility index (Phi) is 4.57. The van der Waals surface area contributed by atoms with E-state index in [0.29, 0.717) is 12.1 Å². The van der Waals surface area contributed by atoms with Gasteiger partial charge in [-0.2, -0.15) is 5.10 Å². The zero-order chi connectivity index (χ0) is 13.1. The lowest BCUT2D eigenvalue weighted by atomic mass is 10.1. The molecule has 1 aromatic heterocycles. The molecule has 0 aliphatic rings. The summed E-state index contributed by atoms with van der Waals surface area (Å²) in [5, 5.41) is 6.98. The quantitative estimate of drug-likeness (QED) is 0.658. The molecule has 0 bridgehead atoms. The molecule has 0 saturated heterocycles. The number of rotatable bonds is 2. The Labute approximate surface area is 115 Å². The van der Waals surface area contributed by atoms with E-state index in [9.17, 15) is 4.79 Å². The molecule has 4 nitrogen and oxygen atoms in total. The number of amides is 1. The minimum Gasteiger partial charge on any atom is -0.341 e. The highest BCUT2D eigenvalue weighted by molar-refractivity contribution is 14.1. The van der Waals surface area contributed by atoms with Gasteiger partial charge in [-0.05, 0) is 50.3 Å². The molecule has 1 heterocycles. The van der Waals surface area contributed by atoms with Crippen LogP contribution in [0.5, 0.6) is 0 Å². The van der Waals surface area contributed by atoms with Crippen molar-refractivity contribution in [2.24, 2.45) is 0 Å². The fourth-order valence-corrected chi connectivity index (χ4v) is 2.49. The van der Waals surface area contributed by atoms with Crippen LogP contribution < -0.4 is 5.32 Å². The van der Waals surface area contributed by atoms with E-state index >= 15 is 0 Å². The van der Waals surface area contributed by atoms with Gasteiger partial charge in [-0.15, -0.1) is 5.92 Å². The van der Waals surface area contributed by atoms with E-state index < -0.39 is 0 Å². The predicted octanol–water partition coefficient (Wildman–Crippen LogP) is 2.00. The number of nitrogens with zero attached hydrogens (tertiary/aromatic N) is 2. The summed E-state index contributed by atoms with van der Waals surface area (Å²) < 4.78 is 2.69. The van der Waals surface area contributed by atoms with Crippen LogP contribution in [0.15, 0.2) is 6.20 Å². The molecule has 1 N–H and O–H groups in total. The van der Waals surface area contributed by atoms with Crippen LogP contribution in [0, 0.1) is 15.5 Å². The van der Waals surface area contributed by atoms with Crippen molar-refractivity contribution in [1.82, 2.24) is 15.1 Å². The third-order valence-electron chi connectivity index (χ3n) is 2.10. The zero-order valence-electron chi connectivity index (χ0n) is 10.5. The standard InChI is InChI=1S/C12H16IN3O/c1-5-6-7-14-11(17)9-8-15-16(10(9)13)12(2,3)4/h8H,7H2,1-4H3,(H,14,17). The maximum Gasteiger partial charge on any atom is 0.256 e. The van der Waals surface area contributed by atoms with Gasteiger partial charge in [0.05, 0.1) is 23.8 Å². The first-order valence-electron chi connectivity index (χ1n) is 5.29. The van der Waals surface area contributed by atoms with Crippen LogP contribution in [0.1, 0.15) is 38.1 Å². The molecular formula is C12H16IN3O. The van der Waals surface area contributed by atoms with E-state index in [1.54, 1.807) is 13.1 Å². The summed E-state index contributed by atoms with van der Waals surface area (Å²) in [7, 11) is 0. The second-order valence-corrected chi connectivity index (χ2v) is 5.56. The Balaban J connectivity index is 2.89. The van der Waals surface area contributed by atoms with Gasteiger partial charge in [-0.25, -0.2) is 0 Å². The number of aromatic nitrogens is 2. The molecule has 5 heteroatoms. The van der Waals surface area contributed by atoms with E-state index in [1.807, 2.05) is 25.5 Å². The molecule has 1 aromatic rings. The number of carbonyl (C=O) groups is 1. The SMILES string of the molecule is CC#CCNC(=O)c1cnn(C(C)(C)C)c1I. The average Bonchev–Trinajstić information content (AvgIpc) is 2.59. The molecule has 1 amide bonds. The predicted molar refractivity (Wildman–Crippen MR) is 75.7 cm³/mol. The highest BCUT2D eigenvalue weighted by Crippen LogP contribution is 2.20. The van der Waals surface area contributed by atoms with Gasteiger partial charge in [0.2, 0.25) is 0 Å². The average molecular weight is 345 g/mol. The van der Waals surface area contributed by atoms with Gasteiger partial charge >= 0.3 is 0 Å². The summed E-state index contributed by atoms with van der Waals surface area (Å²) in [5.41, 5.74) is 0.469. The monoisotopic (exact) mass is 345 g/mol. The topological polar surface area (TPSA) is 46.9 Å². The van der Waals surface area contributed by atoms with Crippen LogP contribution in [0.3, 0.4) is 0 Å². The van der Waals surface area contributed by atoms with Crippen LogP contribution in [0.2, 0.25) is 0 Å². The summed E-state index contributed by atoms with van der Waals surface area (Å²) in [6.45, 7) is 8.25. The van der Waals surface area contributed by atoms with Crippen LogP contribution in [-0.4, -0.2) is 22.2 Å². The second-order valence-electron chi connectivity index (χ2n) is 4.54. The Morgan fingerprint density at radius 1 is 1.59 bits per heavy atom. The van der Waals surface area contributed by atoms with Gasteiger partial charge in [0.25, 0.3) is 5.91 Å². The first-order chi connectivity index (χ1) is 7.88. The van der Waals surface area contributed by atoms with Crippen molar-refractivity contribution in [2.45, 2.75) is 33.2 Å². The third-order valence-corrected chi connectivity index (χ3v) is 3.14. The largest absolute Gasteiger partial charge is 0.341 e. The van der Waals surface area contributed by atoms with Crippen molar-refractivity contribution in [1.29, 1.82) is 0 Å². The maximum atomic E-state index is 11.8. The summed E-state index contributed by atoms with van der Waals surface area (Å²) in [5.74, 6) is 5.39. The van der Waals surface area contributed by atoms with Crippen molar-refractivity contribution >= 4 is 28.5 Å². The summed E-state index contributed by atoms with van der Waals surface area (Å²) >= 11 is 2.14. The van der Waals surface area contributed by atoms with Crippen molar-refractivity contribution in [2.75, 3.05) is 6.54 Å². The molecule has 0 aliphatic heterocycles. The maximum absolute atomic E-state index is 11.8. The van der Waals surface area contributed by atoms with Gasteiger partial charge < -0.3 is 5.32 Å². The molecule has 0 unspecified atom stereocenters. The summed E-state index contributed by atoms with van der Waals surface area (Å²) in [6, 6.07) is 0. The number of hydrogen-bond donors (Lipinski definition) is 1. The van der Waals surface area contributed by atoms with Gasteiger partial charge in [0.15, 0.2) is 0 Å². The van der Waals surface area contributed by atoms with Gasteiger partial charge in [-0.3, -0.25) is 9.48 Å².